The summed E-state index contributed by atoms with van der Waals surface area (Å²) in [7, 11) is 1.76. The summed E-state index contributed by atoms with van der Waals surface area (Å²) in [5, 5.41) is 8.66. The molecule has 0 aliphatic carbocycles. The third-order valence-electron chi connectivity index (χ3n) is 4.40. The molecule has 27 heavy (non-hydrogen) atoms. The Bertz CT molecular complexity index is 957. The number of para-hydroxylation sites is 2. The molecule has 3 aromatic rings. The second kappa shape index (κ2) is 8.68. The maximum Gasteiger partial charge on any atom is 0.186 e. The zero-order valence-corrected chi connectivity index (χ0v) is 16.6. The molecule has 0 amide bonds. The number of rotatable bonds is 6. The lowest BCUT2D eigenvalue weighted by molar-refractivity contribution is 0.296. The Hall–Kier alpha value is -2.86. The van der Waals surface area contributed by atoms with Gasteiger partial charge in [-0.25, -0.2) is 0 Å². The number of hydrogen-bond acceptors (Lipinski definition) is 3. The highest BCUT2D eigenvalue weighted by Gasteiger charge is 2.08. The second-order valence-corrected chi connectivity index (χ2v) is 6.72. The average molecular weight is 381 g/mol. The van der Waals surface area contributed by atoms with Crippen LogP contribution in [0.3, 0.4) is 0 Å². The van der Waals surface area contributed by atoms with Crippen molar-refractivity contribution in [3.05, 3.63) is 65.4 Å². The zero-order chi connectivity index (χ0) is 19.2. The van der Waals surface area contributed by atoms with E-state index in [2.05, 4.69) is 70.8 Å². The Morgan fingerprint density at radius 3 is 2.63 bits per heavy atom. The average Bonchev–Trinajstić information content (AvgIpc) is 3.02. The summed E-state index contributed by atoms with van der Waals surface area (Å²) in [6.45, 7) is 5.50. The number of aromatic nitrogens is 1. The van der Waals surface area contributed by atoms with E-state index in [-0.39, 0.29) is 0 Å². The van der Waals surface area contributed by atoms with Crippen LogP contribution in [0.25, 0.3) is 10.9 Å². The van der Waals surface area contributed by atoms with Crippen molar-refractivity contribution in [1.29, 1.82) is 0 Å². The maximum atomic E-state index is 6.06. The van der Waals surface area contributed by atoms with Crippen molar-refractivity contribution >= 4 is 34.4 Å². The molecular formula is C21H24N4OS. The van der Waals surface area contributed by atoms with Gasteiger partial charge in [0.05, 0.1) is 12.8 Å². The van der Waals surface area contributed by atoms with Crippen LogP contribution in [0, 0.1) is 13.8 Å². The first-order chi connectivity index (χ1) is 13.1. The third kappa shape index (κ3) is 4.46. The molecule has 6 heteroatoms. The summed E-state index contributed by atoms with van der Waals surface area (Å²) in [6.07, 6.45) is 3.88. The molecule has 0 fully saturated rings. The van der Waals surface area contributed by atoms with Crippen LogP contribution in [0.1, 0.15) is 16.7 Å². The fourth-order valence-corrected chi connectivity index (χ4v) is 3.10. The van der Waals surface area contributed by atoms with E-state index < -0.39 is 0 Å². The van der Waals surface area contributed by atoms with Crippen molar-refractivity contribution in [3.8, 4) is 5.75 Å². The van der Waals surface area contributed by atoms with Crippen LogP contribution in [0.5, 0.6) is 5.75 Å². The van der Waals surface area contributed by atoms with Crippen molar-refractivity contribution in [3.63, 3.8) is 0 Å². The number of benzene rings is 2. The molecule has 0 atom stereocenters. The minimum Gasteiger partial charge on any atom is -0.491 e. The summed E-state index contributed by atoms with van der Waals surface area (Å²) in [5.74, 6) is 0.973. The number of hydrazone groups is 1. The van der Waals surface area contributed by atoms with E-state index in [0.29, 0.717) is 11.7 Å². The lowest BCUT2D eigenvalue weighted by atomic mass is 10.1. The predicted molar refractivity (Wildman–Crippen MR) is 116 cm³/mol. The highest BCUT2D eigenvalue weighted by molar-refractivity contribution is 7.80. The van der Waals surface area contributed by atoms with Crippen molar-refractivity contribution in [1.82, 2.24) is 15.3 Å². The van der Waals surface area contributed by atoms with Gasteiger partial charge >= 0.3 is 0 Å². The Kier molecular flexibility index (Phi) is 6.08. The molecule has 3 rings (SSSR count). The molecular weight excluding hydrogens is 356 g/mol. The van der Waals surface area contributed by atoms with Gasteiger partial charge in [-0.1, -0.05) is 36.4 Å². The van der Waals surface area contributed by atoms with Crippen LogP contribution in [0.4, 0.5) is 0 Å². The van der Waals surface area contributed by atoms with Crippen LogP contribution >= 0.6 is 12.2 Å². The van der Waals surface area contributed by atoms with Crippen LogP contribution in [0.2, 0.25) is 0 Å². The monoisotopic (exact) mass is 380 g/mol. The SMILES string of the molecule is CNC(=S)N/N=C\c1cn(CCOc2c(C)cccc2C)c2ccccc12. The van der Waals surface area contributed by atoms with Gasteiger partial charge in [0.1, 0.15) is 12.4 Å². The quantitative estimate of drug-likeness (QED) is 0.388. The largest absolute Gasteiger partial charge is 0.491 e. The molecule has 0 aliphatic rings. The highest BCUT2D eigenvalue weighted by atomic mass is 32.1. The van der Waals surface area contributed by atoms with E-state index >= 15 is 0 Å². The smallest absolute Gasteiger partial charge is 0.186 e. The van der Waals surface area contributed by atoms with Crippen molar-refractivity contribution < 1.29 is 4.74 Å². The number of nitrogens with zero attached hydrogens (tertiary/aromatic N) is 2. The van der Waals surface area contributed by atoms with E-state index in [9.17, 15) is 0 Å². The molecule has 0 unspecified atom stereocenters. The first-order valence-corrected chi connectivity index (χ1v) is 9.28. The minimum atomic E-state index is 0.483. The molecule has 1 aromatic heterocycles. The predicted octanol–water partition coefficient (Wildman–Crippen LogP) is 3.76. The molecule has 0 spiro atoms. The minimum absolute atomic E-state index is 0.483. The Labute approximate surface area is 165 Å². The molecule has 0 saturated carbocycles. The fraction of sp³-hybridized carbons (Fsp3) is 0.238. The lowest BCUT2D eigenvalue weighted by Crippen LogP contribution is -2.28. The third-order valence-corrected chi connectivity index (χ3v) is 4.70. The number of ether oxygens (including phenoxy) is 1. The standard InChI is InChI=1S/C21H24N4OS/c1-15-7-6-8-16(2)20(15)26-12-11-25-14-17(13-23-24-21(27)22-3)18-9-4-5-10-19(18)25/h4-10,13-14H,11-12H2,1-3H3,(H2,22,24,27)/b23-13-. The summed E-state index contributed by atoms with van der Waals surface area (Å²) in [6, 6.07) is 14.5. The van der Waals surface area contributed by atoms with Gasteiger partial charge in [0, 0.05) is 29.7 Å². The van der Waals surface area contributed by atoms with Gasteiger partial charge in [-0.15, -0.1) is 0 Å². The van der Waals surface area contributed by atoms with Crippen molar-refractivity contribution in [2.75, 3.05) is 13.7 Å². The van der Waals surface area contributed by atoms with Gasteiger partial charge in [0.25, 0.3) is 0 Å². The van der Waals surface area contributed by atoms with Crippen molar-refractivity contribution in [2.24, 2.45) is 5.10 Å². The Morgan fingerprint density at radius 2 is 1.89 bits per heavy atom. The number of thiocarbonyl (C=S) groups is 1. The number of fused-ring (bicyclic) bond motifs is 1. The first-order valence-electron chi connectivity index (χ1n) is 8.88. The number of aryl methyl sites for hydroxylation is 2. The normalized spacial score (nSPS) is 11.1. The van der Waals surface area contributed by atoms with Crippen molar-refractivity contribution in [2.45, 2.75) is 20.4 Å². The van der Waals surface area contributed by atoms with Crippen LogP contribution in [-0.2, 0) is 6.54 Å². The summed E-state index contributed by atoms with van der Waals surface area (Å²) < 4.78 is 8.26. The number of hydrogen-bond donors (Lipinski definition) is 2. The number of nitrogens with one attached hydrogen (secondary N) is 2. The summed E-state index contributed by atoms with van der Waals surface area (Å²) in [5.41, 5.74) is 7.29. The lowest BCUT2D eigenvalue weighted by Gasteiger charge is -2.12. The van der Waals surface area contributed by atoms with Gasteiger partial charge in [-0.3, -0.25) is 5.43 Å². The van der Waals surface area contributed by atoms with E-state index in [0.717, 1.165) is 39.9 Å². The molecule has 2 N–H and O–H groups in total. The van der Waals surface area contributed by atoms with Gasteiger partial charge < -0.3 is 14.6 Å². The van der Waals surface area contributed by atoms with Gasteiger partial charge in [0.2, 0.25) is 0 Å². The molecule has 140 valence electrons. The highest BCUT2D eigenvalue weighted by Crippen LogP contribution is 2.23. The molecule has 5 nitrogen and oxygen atoms in total. The molecule has 0 saturated heterocycles. The zero-order valence-electron chi connectivity index (χ0n) is 15.8. The van der Waals surface area contributed by atoms with E-state index in [1.165, 1.54) is 0 Å². The van der Waals surface area contributed by atoms with Gasteiger partial charge in [-0.2, -0.15) is 5.10 Å². The van der Waals surface area contributed by atoms with E-state index in [4.69, 9.17) is 17.0 Å². The molecule has 0 radical (unpaired) electrons. The van der Waals surface area contributed by atoms with Crippen LogP contribution in [-0.4, -0.2) is 29.5 Å². The topological polar surface area (TPSA) is 50.6 Å². The summed E-state index contributed by atoms with van der Waals surface area (Å²) in [4.78, 5) is 0. The van der Waals surface area contributed by atoms with Crippen LogP contribution < -0.4 is 15.5 Å². The van der Waals surface area contributed by atoms with E-state index in [1.54, 1.807) is 13.3 Å². The Morgan fingerprint density at radius 1 is 1.15 bits per heavy atom. The molecule has 2 aromatic carbocycles. The molecule has 0 aliphatic heterocycles. The van der Waals surface area contributed by atoms with Crippen LogP contribution in [0.15, 0.2) is 53.8 Å². The fourth-order valence-electron chi connectivity index (χ4n) is 3.05. The first kappa shape index (κ1) is 18.9. The maximum absolute atomic E-state index is 6.06. The molecule has 1 heterocycles. The van der Waals surface area contributed by atoms with Gasteiger partial charge in [-0.05, 0) is 43.3 Å². The second-order valence-electron chi connectivity index (χ2n) is 6.31. The summed E-state index contributed by atoms with van der Waals surface area (Å²) >= 11 is 5.04. The van der Waals surface area contributed by atoms with Gasteiger partial charge in [0.15, 0.2) is 5.11 Å². The van der Waals surface area contributed by atoms with E-state index in [1.807, 2.05) is 12.1 Å². The Balaban J connectivity index is 1.76. The molecule has 0 bridgehead atoms.